The lowest BCUT2D eigenvalue weighted by Gasteiger charge is -1.95. The van der Waals surface area contributed by atoms with Gasteiger partial charge in [0, 0.05) is 5.56 Å². The summed E-state index contributed by atoms with van der Waals surface area (Å²) in [5.41, 5.74) is 1.70. The van der Waals surface area contributed by atoms with Gasteiger partial charge in [0.2, 0.25) is 0 Å². The molecule has 16 heavy (non-hydrogen) atoms. The molecule has 3 N–H and O–H groups in total. The molecule has 0 atom stereocenters. The molecule has 1 aliphatic rings. The zero-order chi connectivity index (χ0) is 11.1. The van der Waals surface area contributed by atoms with E-state index >= 15 is 0 Å². The molecule has 0 radical (unpaired) electrons. The number of carboxylic acids is 1. The van der Waals surface area contributed by atoms with Crippen LogP contribution in [0, 0.1) is 0 Å². The average Bonchev–Trinajstić information content (AvgIpc) is 2.92. The number of hydrogen-bond donors (Lipinski definition) is 3. The smallest absolute Gasteiger partial charge is 0.346 e. The highest BCUT2D eigenvalue weighted by Gasteiger charge is 2.27. The van der Waals surface area contributed by atoms with Crippen LogP contribution in [0.25, 0.3) is 11.1 Å². The Morgan fingerprint density at radius 3 is 3.19 bits per heavy atom. The number of hydrogen-bond acceptors (Lipinski definition) is 3. The van der Waals surface area contributed by atoms with Gasteiger partial charge in [-0.25, -0.2) is 9.89 Å². The van der Waals surface area contributed by atoms with Gasteiger partial charge in [-0.05, 0) is 11.4 Å². The largest absolute Gasteiger partial charge is 0.477 e. The Bertz CT molecular complexity index is 558. The maximum atomic E-state index is 11.1. The number of nitrogens with zero attached hydrogens (tertiary/aromatic N) is 1. The highest BCUT2D eigenvalue weighted by Crippen LogP contribution is 2.32. The van der Waals surface area contributed by atoms with Crippen molar-refractivity contribution < 1.29 is 14.6 Å². The molecule has 2 aromatic heterocycles. The van der Waals surface area contributed by atoms with Crippen LogP contribution in [-0.4, -0.2) is 22.7 Å². The van der Waals surface area contributed by atoms with Crippen LogP contribution < -0.4 is 10.00 Å². The maximum Gasteiger partial charge on any atom is 0.346 e. The Kier molecular flexibility index (Phi) is 1.97. The van der Waals surface area contributed by atoms with Gasteiger partial charge in [-0.15, -0.1) is 11.3 Å². The molecule has 0 saturated heterocycles. The number of anilines is 1. The molecule has 6 heteroatoms. The Labute approximate surface area is 95.3 Å². The first kappa shape index (κ1) is 9.41. The van der Waals surface area contributed by atoms with Crippen LogP contribution in [0.1, 0.15) is 9.67 Å². The fraction of sp³-hybridized carbons (Fsp3) is 0.200. The number of aromatic carboxylic acids is 1. The molecule has 82 valence electrons. The summed E-state index contributed by atoms with van der Waals surface area (Å²) in [4.78, 5) is 11.4. The van der Waals surface area contributed by atoms with Gasteiger partial charge in [-0.1, -0.05) is 0 Å². The van der Waals surface area contributed by atoms with Crippen molar-refractivity contribution in [1.29, 1.82) is 0 Å². The van der Waals surface area contributed by atoms with Crippen LogP contribution in [0.2, 0.25) is 0 Å². The van der Waals surface area contributed by atoms with Gasteiger partial charge in [0.05, 0.1) is 11.8 Å². The molecule has 2 aromatic rings. The second-order valence-corrected chi connectivity index (χ2v) is 4.50. The summed E-state index contributed by atoms with van der Waals surface area (Å²) < 4.78 is 1.98. The molecule has 0 spiro atoms. The van der Waals surface area contributed by atoms with Crippen LogP contribution in [-0.2, 0) is 6.54 Å². The van der Waals surface area contributed by atoms with E-state index < -0.39 is 5.97 Å². The average molecular weight is 236 g/mol. The molecule has 0 saturated carbocycles. The van der Waals surface area contributed by atoms with Crippen LogP contribution in [0.5, 0.6) is 0 Å². The summed E-state index contributed by atoms with van der Waals surface area (Å²) in [6, 6.07) is 1.85. The minimum Gasteiger partial charge on any atom is -0.477 e. The third-order valence-corrected chi connectivity index (χ3v) is 3.57. The van der Waals surface area contributed by atoms with Crippen molar-refractivity contribution in [3.05, 3.63) is 22.5 Å². The number of aromatic nitrogens is 2. The summed E-state index contributed by atoms with van der Waals surface area (Å²) in [6.07, 6.45) is 1.84. The van der Waals surface area contributed by atoms with Gasteiger partial charge >= 0.3 is 11.8 Å². The Morgan fingerprint density at radius 1 is 1.50 bits per heavy atom. The number of H-pyrrole nitrogens is 1. The van der Waals surface area contributed by atoms with Crippen molar-refractivity contribution in [3.8, 4) is 11.1 Å². The first-order valence-corrected chi connectivity index (χ1v) is 5.81. The lowest BCUT2D eigenvalue weighted by Crippen LogP contribution is -2.32. The Hall–Kier alpha value is -1.82. The first-order valence-electron chi connectivity index (χ1n) is 4.93. The van der Waals surface area contributed by atoms with Crippen molar-refractivity contribution >= 4 is 23.1 Å². The number of thiophene rings is 1. The fourth-order valence-electron chi connectivity index (χ4n) is 1.97. The molecule has 0 bridgehead atoms. The van der Waals surface area contributed by atoms with Crippen molar-refractivity contribution in [2.45, 2.75) is 6.54 Å². The normalized spacial score (nSPS) is 13.5. The summed E-state index contributed by atoms with van der Waals surface area (Å²) >= 11 is 1.25. The van der Waals surface area contributed by atoms with Crippen molar-refractivity contribution in [2.75, 3.05) is 11.9 Å². The fourth-order valence-corrected chi connectivity index (χ4v) is 2.71. The zero-order valence-electron chi connectivity index (χ0n) is 8.36. The van der Waals surface area contributed by atoms with Crippen LogP contribution >= 0.6 is 11.3 Å². The number of aromatic amines is 1. The molecule has 0 aliphatic carbocycles. The molecule has 3 rings (SSSR count). The molecule has 0 aromatic carbocycles. The quantitative estimate of drug-likeness (QED) is 0.685. The van der Waals surface area contributed by atoms with E-state index in [1.807, 2.05) is 16.9 Å². The first-order chi connectivity index (χ1) is 7.77. The minimum atomic E-state index is -0.872. The monoisotopic (exact) mass is 236 g/mol. The third-order valence-electron chi connectivity index (χ3n) is 2.67. The van der Waals surface area contributed by atoms with Gasteiger partial charge in [-0.3, -0.25) is 5.32 Å². The van der Waals surface area contributed by atoms with E-state index in [2.05, 4.69) is 10.4 Å². The van der Waals surface area contributed by atoms with E-state index in [-0.39, 0.29) is 0 Å². The summed E-state index contributed by atoms with van der Waals surface area (Å²) in [6.45, 7) is 1.77. The molecule has 0 unspecified atom stereocenters. The molecule has 1 aliphatic heterocycles. The maximum absolute atomic E-state index is 11.1. The van der Waals surface area contributed by atoms with Gasteiger partial charge in [-0.2, -0.15) is 4.68 Å². The lowest BCUT2D eigenvalue weighted by atomic mass is 10.1. The van der Waals surface area contributed by atoms with Crippen LogP contribution in [0.4, 0.5) is 5.82 Å². The van der Waals surface area contributed by atoms with Gasteiger partial charge < -0.3 is 5.11 Å². The second kappa shape index (κ2) is 3.34. The number of fused-ring (bicyclic) bond motifs is 1. The number of rotatable bonds is 2. The summed E-state index contributed by atoms with van der Waals surface area (Å²) in [5, 5.41) is 17.2. The minimum absolute atomic E-state index is 0.385. The van der Waals surface area contributed by atoms with E-state index in [4.69, 9.17) is 5.11 Å². The van der Waals surface area contributed by atoms with Crippen molar-refractivity contribution in [2.24, 2.45) is 0 Å². The topological polar surface area (TPSA) is 69.0 Å². The molecular weight excluding hydrogens is 226 g/mol. The zero-order valence-corrected chi connectivity index (χ0v) is 9.17. The van der Waals surface area contributed by atoms with E-state index in [9.17, 15) is 4.79 Å². The van der Waals surface area contributed by atoms with E-state index in [1.54, 1.807) is 5.38 Å². The van der Waals surface area contributed by atoms with E-state index in [0.29, 0.717) is 4.88 Å². The summed E-state index contributed by atoms with van der Waals surface area (Å²) in [5.74, 6) is 0.101. The second-order valence-electron chi connectivity index (χ2n) is 3.58. The molecular formula is C10H10N3O2S+. The Balaban J connectivity index is 2.15. The molecule has 3 heterocycles. The van der Waals surface area contributed by atoms with Gasteiger partial charge in [0.25, 0.3) is 0 Å². The standard InChI is InChI=1S/C10H9N3O2S/c14-10(15)8-6(1-4-16-8)7-5-12-13-3-2-11-9(7)13/h1,4-5H,2-3H2,(H2,11,12,14,15)/p+1. The highest BCUT2D eigenvalue weighted by atomic mass is 32.1. The predicted octanol–water partition coefficient (Wildman–Crippen LogP) is 1.15. The highest BCUT2D eigenvalue weighted by molar-refractivity contribution is 7.12. The Morgan fingerprint density at radius 2 is 2.38 bits per heavy atom. The molecule has 0 amide bonds. The molecule has 5 nitrogen and oxygen atoms in total. The van der Waals surface area contributed by atoms with Crippen molar-refractivity contribution in [1.82, 2.24) is 5.10 Å². The van der Waals surface area contributed by atoms with Crippen molar-refractivity contribution in [3.63, 3.8) is 0 Å². The third kappa shape index (κ3) is 1.23. The van der Waals surface area contributed by atoms with Gasteiger partial charge in [0.1, 0.15) is 18.0 Å². The van der Waals surface area contributed by atoms with E-state index in [0.717, 1.165) is 30.0 Å². The number of carbonyl (C=O) groups is 1. The van der Waals surface area contributed by atoms with Crippen LogP contribution in [0.15, 0.2) is 17.6 Å². The SMILES string of the molecule is O=C(O)c1sccc1-c1c[nH][n+]2c1NCC2. The number of carboxylic acid groups (broad SMARTS) is 1. The summed E-state index contributed by atoms with van der Waals surface area (Å²) in [7, 11) is 0. The molecule has 0 fully saturated rings. The van der Waals surface area contributed by atoms with Crippen LogP contribution in [0.3, 0.4) is 0 Å². The van der Waals surface area contributed by atoms with Gasteiger partial charge in [0.15, 0.2) is 0 Å². The number of nitrogens with one attached hydrogen (secondary N) is 2. The van der Waals surface area contributed by atoms with E-state index in [1.165, 1.54) is 11.3 Å². The lowest BCUT2D eigenvalue weighted by molar-refractivity contribution is -0.725. The predicted molar refractivity (Wildman–Crippen MR) is 59.7 cm³/mol.